The van der Waals surface area contributed by atoms with Crippen molar-refractivity contribution in [2.24, 2.45) is 0 Å². The minimum Gasteiger partial charge on any atom is -0.346 e. The van der Waals surface area contributed by atoms with Gasteiger partial charge < -0.3 is 5.32 Å². The van der Waals surface area contributed by atoms with E-state index in [-0.39, 0.29) is 16.8 Å². The Balaban J connectivity index is 1.67. The summed E-state index contributed by atoms with van der Waals surface area (Å²) in [4.78, 5) is 12.5. The van der Waals surface area contributed by atoms with E-state index in [0.29, 0.717) is 16.3 Å². The van der Waals surface area contributed by atoms with E-state index in [1.807, 2.05) is 37.3 Å². The molecule has 2 N–H and O–H groups in total. The number of nitrogens with one attached hydrogen (secondary N) is 2. The Bertz CT molecular complexity index is 1050. The minimum atomic E-state index is -3.73. The smallest absolute Gasteiger partial charge is 0.261 e. The van der Waals surface area contributed by atoms with Crippen molar-refractivity contribution in [3.05, 3.63) is 95.0 Å². The van der Waals surface area contributed by atoms with Gasteiger partial charge in [0.05, 0.1) is 10.9 Å². The molecule has 0 radical (unpaired) electrons. The third-order valence-corrected chi connectivity index (χ3v) is 5.82. The SMILES string of the molecule is CC(NC(=O)c1ccc(NS(=O)(=O)c2ccc(Cl)cc2)cc1)c1ccccc1. The van der Waals surface area contributed by atoms with Gasteiger partial charge in [0.15, 0.2) is 0 Å². The molecule has 28 heavy (non-hydrogen) atoms. The second-order valence-electron chi connectivity index (χ2n) is 6.24. The maximum absolute atomic E-state index is 12.4. The summed E-state index contributed by atoms with van der Waals surface area (Å²) in [5, 5.41) is 3.38. The summed E-state index contributed by atoms with van der Waals surface area (Å²) >= 11 is 5.79. The summed E-state index contributed by atoms with van der Waals surface area (Å²) in [6.07, 6.45) is 0. The lowest BCUT2D eigenvalue weighted by molar-refractivity contribution is 0.0940. The van der Waals surface area contributed by atoms with Crippen molar-refractivity contribution in [3.8, 4) is 0 Å². The van der Waals surface area contributed by atoms with Crippen LogP contribution in [0.15, 0.2) is 83.8 Å². The van der Waals surface area contributed by atoms with Gasteiger partial charge in [0, 0.05) is 16.3 Å². The number of sulfonamides is 1. The van der Waals surface area contributed by atoms with Gasteiger partial charge in [0.1, 0.15) is 0 Å². The molecule has 3 aromatic carbocycles. The third kappa shape index (κ3) is 4.91. The van der Waals surface area contributed by atoms with Crippen LogP contribution in [0.3, 0.4) is 0 Å². The molecular weight excluding hydrogens is 396 g/mol. The highest BCUT2D eigenvalue weighted by Gasteiger charge is 2.15. The van der Waals surface area contributed by atoms with E-state index in [2.05, 4.69) is 10.0 Å². The Morgan fingerprint density at radius 1 is 0.893 bits per heavy atom. The number of amides is 1. The van der Waals surface area contributed by atoms with E-state index in [4.69, 9.17) is 11.6 Å². The van der Waals surface area contributed by atoms with Crippen molar-refractivity contribution in [1.29, 1.82) is 0 Å². The quantitative estimate of drug-likeness (QED) is 0.617. The molecular formula is C21H19ClN2O3S. The Morgan fingerprint density at radius 3 is 2.11 bits per heavy atom. The van der Waals surface area contributed by atoms with Crippen LogP contribution in [0.4, 0.5) is 5.69 Å². The van der Waals surface area contributed by atoms with Crippen LogP contribution in [0.25, 0.3) is 0 Å². The molecule has 0 aromatic heterocycles. The largest absolute Gasteiger partial charge is 0.346 e. The fourth-order valence-corrected chi connectivity index (χ4v) is 3.81. The van der Waals surface area contributed by atoms with Gasteiger partial charge in [-0.15, -0.1) is 0 Å². The lowest BCUT2D eigenvalue weighted by Gasteiger charge is -2.14. The number of anilines is 1. The van der Waals surface area contributed by atoms with Crippen molar-refractivity contribution in [1.82, 2.24) is 5.32 Å². The van der Waals surface area contributed by atoms with Gasteiger partial charge in [-0.3, -0.25) is 9.52 Å². The monoisotopic (exact) mass is 414 g/mol. The molecule has 7 heteroatoms. The maximum atomic E-state index is 12.4. The molecule has 1 amide bonds. The fraction of sp³-hybridized carbons (Fsp3) is 0.0952. The van der Waals surface area contributed by atoms with Gasteiger partial charge >= 0.3 is 0 Å². The van der Waals surface area contributed by atoms with E-state index in [0.717, 1.165) is 5.56 Å². The third-order valence-electron chi connectivity index (χ3n) is 4.17. The molecule has 0 aliphatic heterocycles. The highest BCUT2D eigenvalue weighted by Crippen LogP contribution is 2.19. The zero-order valence-electron chi connectivity index (χ0n) is 15.1. The van der Waals surface area contributed by atoms with Crippen LogP contribution in [-0.2, 0) is 10.0 Å². The first-order valence-electron chi connectivity index (χ1n) is 8.59. The summed E-state index contributed by atoms with van der Waals surface area (Å²) in [6, 6.07) is 21.6. The van der Waals surface area contributed by atoms with E-state index in [1.165, 1.54) is 24.3 Å². The maximum Gasteiger partial charge on any atom is 0.261 e. The first-order chi connectivity index (χ1) is 13.3. The van der Waals surface area contributed by atoms with Gasteiger partial charge in [-0.25, -0.2) is 8.42 Å². The molecule has 0 aliphatic carbocycles. The zero-order chi connectivity index (χ0) is 20.1. The molecule has 3 aromatic rings. The van der Waals surface area contributed by atoms with E-state index in [9.17, 15) is 13.2 Å². The topological polar surface area (TPSA) is 75.3 Å². The van der Waals surface area contributed by atoms with Crippen LogP contribution in [0.5, 0.6) is 0 Å². The minimum absolute atomic E-state index is 0.107. The molecule has 0 saturated carbocycles. The molecule has 0 spiro atoms. The van der Waals surface area contributed by atoms with Crippen LogP contribution in [0.1, 0.15) is 28.9 Å². The fourth-order valence-electron chi connectivity index (χ4n) is 2.62. The number of rotatable bonds is 6. The summed E-state index contributed by atoms with van der Waals surface area (Å²) in [5.41, 5.74) is 1.81. The molecule has 1 unspecified atom stereocenters. The van der Waals surface area contributed by atoms with E-state index < -0.39 is 10.0 Å². The first-order valence-corrected chi connectivity index (χ1v) is 10.5. The van der Waals surface area contributed by atoms with Crippen LogP contribution >= 0.6 is 11.6 Å². The van der Waals surface area contributed by atoms with Crippen LogP contribution in [0, 0.1) is 0 Å². The lowest BCUT2D eigenvalue weighted by Crippen LogP contribution is -2.26. The second kappa shape index (κ2) is 8.46. The number of carbonyl (C=O) groups is 1. The number of carbonyl (C=O) groups excluding carboxylic acids is 1. The van der Waals surface area contributed by atoms with Gasteiger partial charge in [0.25, 0.3) is 15.9 Å². The molecule has 144 valence electrons. The highest BCUT2D eigenvalue weighted by molar-refractivity contribution is 7.92. The zero-order valence-corrected chi connectivity index (χ0v) is 16.7. The molecule has 0 saturated heterocycles. The summed E-state index contributed by atoms with van der Waals surface area (Å²) in [6.45, 7) is 1.90. The summed E-state index contributed by atoms with van der Waals surface area (Å²) in [5.74, 6) is -0.233. The molecule has 0 aliphatic rings. The molecule has 0 fully saturated rings. The molecule has 0 heterocycles. The van der Waals surface area contributed by atoms with Crippen molar-refractivity contribution < 1.29 is 13.2 Å². The summed E-state index contributed by atoms with van der Waals surface area (Å²) < 4.78 is 27.3. The highest BCUT2D eigenvalue weighted by atomic mass is 35.5. The molecule has 3 rings (SSSR count). The summed E-state index contributed by atoms with van der Waals surface area (Å²) in [7, 11) is -3.73. The van der Waals surface area contributed by atoms with Gasteiger partial charge in [0.2, 0.25) is 0 Å². The van der Waals surface area contributed by atoms with Crippen molar-refractivity contribution in [3.63, 3.8) is 0 Å². The predicted molar refractivity (Wildman–Crippen MR) is 111 cm³/mol. The van der Waals surface area contributed by atoms with E-state index in [1.54, 1.807) is 24.3 Å². The Hall–Kier alpha value is -2.83. The van der Waals surface area contributed by atoms with Crippen molar-refractivity contribution in [2.45, 2.75) is 17.9 Å². The number of halogens is 1. The van der Waals surface area contributed by atoms with Crippen molar-refractivity contribution >= 4 is 33.2 Å². The standard InChI is InChI=1S/C21H19ClN2O3S/c1-15(16-5-3-2-4-6-16)23-21(25)17-7-11-19(12-8-17)24-28(26,27)20-13-9-18(22)10-14-20/h2-15,24H,1H3,(H,23,25). The van der Waals surface area contributed by atoms with Gasteiger partial charge in [-0.2, -0.15) is 0 Å². The average molecular weight is 415 g/mol. The number of hydrogen-bond acceptors (Lipinski definition) is 3. The molecule has 1 atom stereocenters. The Labute approximate surface area is 169 Å². The average Bonchev–Trinajstić information content (AvgIpc) is 2.69. The van der Waals surface area contributed by atoms with E-state index >= 15 is 0 Å². The van der Waals surface area contributed by atoms with Crippen LogP contribution in [-0.4, -0.2) is 14.3 Å². The van der Waals surface area contributed by atoms with Crippen LogP contribution < -0.4 is 10.0 Å². The van der Waals surface area contributed by atoms with Gasteiger partial charge in [-0.1, -0.05) is 41.9 Å². The van der Waals surface area contributed by atoms with Gasteiger partial charge in [-0.05, 0) is 61.0 Å². The second-order valence-corrected chi connectivity index (χ2v) is 8.36. The Kier molecular flexibility index (Phi) is 6.02. The Morgan fingerprint density at radius 2 is 1.50 bits per heavy atom. The number of benzene rings is 3. The molecule has 5 nitrogen and oxygen atoms in total. The van der Waals surface area contributed by atoms with Crippen LogP contribution in [0.2, 0.25) is 5.02 Å². The normalized spacial score (nSPS) is 12.2. The predicted octanol–water partition coefficient (Wildman–Crippen LogP) is 4.63. The molecule has 0 bridgehead atoms. The first kappa shape index (κ1) is 19.9. The number of hydrogen-bond donors (Lipinski definition) is 2. The van der Waals surface area contributed by atoms with Crippen molar-refractivity contribution in [2.75, 3.05) is 4.72 Å². The lowest BCUT2D eigenvalue weighted by atomic mass is 10.1.